The SMILES string of the molecule is COc1ccc(N(C)C(=O)[C@@]23CCN(C(=O)c4ncn[nH]4)C[C@@H]2C3)cc1. The second-order valence-electron chi connectivity index (χ2n) is 6.95. The van der Waals surface area contributed by atoms with E-state index in [1.54, 1.807) is 24.0 Å². The first-order valence-electron chi connectivity index (χ1n) is 8.62. The number of rotatable bonds is 4. The second kappa shape index (κ2) is 6.12. The molecule has 2 aliphatic rings. The summed E-state index contributed by atoms with van der Waals surface area (Å²) >= 11 is 0. The number of methoxy groups -OCH3 is 1. The van der Waals surface area contributed by atoms with Crippen molar-refractivity contribution in [2.24, 2.45) is 11.3 Å². The predicted octanol–water partition coefficient (Wildman–Crippen LogP) is 1.33. The molecule has 136 valence electrons. The number of anilines is 1. The van der Waals surface area contributed by atoms with Crippen LogP contribution in [0.1, 0.15) is 23.5 Å². The Morgan fingerprint density at radius 3 is 2.73 bits per heavy atom. The van der Waals surface area contributed by atoms with Gasteiger partial charge in [-0.2, -0.15) is 5.10 Å². The second-order valence-corrected chi connectivity index (χ2v) is 6.95. The van der Waals surface area contributed by atoms with Gasteiger partial charge in [-0.25, -0.2) is 4.98 Å². The fraction of sp³-hybridized carbons (Fsp3) is 0.444. The van der Waals surface area contributed by atoms with Gasteiger partial charge in [-0.3, -0.25) is 14.7 Å². The van der Waals surface area contributed by atoms with E-state index in [4.69, 9.17) is 4.74 Å². The van der Waals surface area contributed by atoms with E-state index in [-0.39, 0.29) is 29.0 Å². The lowest BCUT2D eigenvalue weighted by Gasteiger charge is -2.32. The highest BCUT2D eigenvalue weighted by Crippen LogP contribution is 2.59. The number of aromatic amines is 1. The van der Waals surface area contributed by atoms with Gasteiger partial charge in [-0.15, -0.1) is 0 Å². The van der Waals surface area contributed by atoms with E-state index >= 15 is 0 Å². The van der Waals surface area contributed by atoms with Gasteiger partial charge >= 0.3 is 0 Å². The number of hydrogen-bond donors (Lipinski definition) is 1. The molecule has 1 saturated carbocycles. The third-order valence-corrected chi connectivity index (χ3v) is 5.60. The van der Waals surface area contributed by atoms with Crippen molar-refractivity contribution >= 4 is 17.5 Å². The zero-order valence-electron chi connectivity index (χ0n) is 14.8. The number of nitrogens with one attached hydrogen (secondary N) is 1. The number of H-pyrrole nitrogens is 1. The van der Waals surface area contributed by atoms with Crippen LogP contribution in [0.5, 0.6) is 5.75 Å². The molecule has 1 aromatic heterocycles. The van der Waals surface area contributed by atoms with Crippen molar-refractivity contribution in [3.05, 3.63) is 36.4 Å². The number of aromatic nitrogens is 3. The normalized spacial score (nSPS) is 23.9. The van der Waals surface area contributed by atoms with E-state index in [1.165, 1.54) is 6.33 Å². The fourth-order valence-electron chi connectivity index (χ4n) is 3.89. The number of fused-ring (bicyclic) bond motifs is 1. The van der Waals surface area contributed by atoms with Crippen molar-refractivity contribution in [3.8, 4) is 5.75 Å². The molecule has 1 aliphatic carbocycles. The van der Waals surface area contributed by atoms with Crippen LogP contribution in [-0.2, 0) is 4.79 Å². The van der Waals surface area contributed by atoms with E-state index in [2.05, 4.69) is 15.2 Å². The summed E-state index contributed by atoms with van der Waals surface area (Å²) in [6, 6.07) is 7.46. The molecule has 2 heterocycles. The molecule has 0 bridgehead atoms. The summed E-state index contributed by atoms with van der Waals surface area (Å²) in [5, 5.41) is 6.33. The van der Waals surface area contributed by atoms with Gasteiger partial charge in [0.25, 0.3) is 5.91 Å². The first-order chi connectivity index (χ1) is 12.5. The summed E-state index contributed by atoms with van der Waals surface area (Å²) in [4.78, 5) is 32.9. The minimum Gasteiger partial charge on any atom is -0.497 e. The molecule has 1 N–H and O–H groups in total. The highest BCUT2D eigenvalue weighted by molar-refractivity contribution is 6.00. The summed E-state index contributed by atoms with van der Waals surface area (Å²) in [6.45, 7) is 1.14. The average Bonchev–Trinajstić information content (AvgIpc) is 3.17. The number of nitrogens with zero attached hydrogens (tertiary/aromatic N) is 4. The molecule has 8 heteroatoms. The minimum atomic E-state index is -0.340. The number of amides is 2. The predicted molar refractivity (Wildman–Crippen MR) is 93.8 cm³/mol. The third-order valence-electron chi connectivity index (χ3n) is 5.60. The monoisotopic (exact) mass is 355 g/mol. The lowest BCUT2D eigenvalue weighted by atomic mass is 9.93. The van der Waals surface area contributed by atoms with Crippen molar-refractivity contribution in [2.75, 3.05) is 32.1 Å². The van der Waals surface area contributed by atoms with Crippen LogP contribution < -0.4 is 9.64 Å². The molecule has 2 aromatic rings. The summed E-state index contributed by atoms with van der Waals surface area (Å²) in [5.74, 6) is 1.19. The van der Waals surface area contributed by atoms with E-state index in [1.807, 2.05) is 24.3 Å². The minimum absolute atomic E-state index is 0.124. The van der Waals surface area contributed by atoms with Crippen molar-refractivity contribution in [3.63, 3.8) is 0 Å². The molecule has 26 heavy (non-hydrogen) atoms. The Hall–Kier alpha value is -2.90. The largest absolute Gasteiger partial charge is 0.497 e. The maximum atomic E-state index is 13.1. The van der Waals surface area contributed by atoms with Gasteiger partial charge in [0.2, 0.25) is 11.7 Å². The quantitative estimate of drug-likeness (QED) is 0.893. The molecule has 0 radical (unpaired) electrons. The summed E-state index contributed by atoms with van der Waals surface area (Å²) in [5.41, 5.74) is 0.503. The molecule has 4 rings (SSSR count). The molecule has 1 aromatic carbocycles. The first kappa shape index (κ1) is 16.6. The van der Waals surface area contributed by atoms with Crippen LogP contribution in [0.3, 0.4) is 0 Å². The van der Waals surface area contributed by atoms with Gasteiger partial charge in [-0.05, 0) is 43.0 Å². The Kier molecular flexibility index (Phi) is 3.90. The van der Waals surface area contributed by atoms with Crippen molar-refractivity contribution in [1.29, 1.82) is 0 Å². The van der Waals surface area contributed by atoms with Crippen LogP contribution in [0.4, 0.5) is 5.69 Å². The highest BCUT2D eigenvalue weighted by Gasteiger charge is 2.63. The Morgan fingerprint density at radius 2 is 2.12 bits per heavy atom. The fourth-order valence-corrected chi connectivity index (χ4v) is 3.89. The number of piperidine rings is 1. The molecular formula is C18H21N5O3. The zero-order chi connectivity index (χ0) is 18.3. The molecule has 0 spiro atoms. The molecule has 2 atom stereocenters. The summed E-state index contributed by atoms with van der Waals surface area (Å²) in [7, 11) is 3.42. The van der Waals surface area contributed by atoms with Crippen molar-refractivity contribution in [1.82, 2.24) is 20.1 Å². The maximum absolute atomic E-state index is 13.1. The maximum Gasteiger partial charge on any atom is 0.291 e. The van der Waals surface area contributed by atoms with Gasteiger partial charge in [0.05, 0.1) is 12.5 Å². The van der Waals surface area contributed by atoms with E-state index in [9.17, 15) is 9.59 Å². The lowest BCUT2D eigenvalue weighted by molar-refractivity contribution is -0.125. The summed E-state index contributed by atoms with van der Waals surface area (Å²) in [6.07, 6.45) is 2.83. The Labute approximate surface area is 151 Å². The molecule has 8 nitrogen and oxygen atoms in total. The molecule has 1 saturated heterocycles. The number of carbonyl (C=O) groups is 2. The van der Waals surface area contributed by atoms with Gasteiger partial charge < -0.3 is 14.5 Å². The summed E-state index contributed by atoms with van der Waals surface area (Å²) < 4.78 is 5.17. The Bertz CT molecular complexity index is 820. The number of ether oxygens (including phenoxy) is 1. The van der Waals surface area contributed by atoms with Gasteiger partial charge in [0.15, 0.2) is 0 Å². The van der Waals surface area contributed by atoms with Crippen LogP contribution >= 0.6 is 0 Å². The zero-order valence-corrected chi connectivity index (χ0v) is 14.8. The topological polar surface area (TPSA) is 91.4 Å². The van der Waals surface area contributed by atoms with Gasteiger partial charge in [0.1, 0.15) is 12.1 Å². The van der Waals surface area contributed by atoms with Crippen molar-refractivity contribution < 1.29 is 14.3 Å². The molecule has 2 amide bonds. The molecular weight excluding hydrogens is 334 g/mol. The average molecular weight is 355 g/mol. The molecule has 1 aliphatic heterocycles. The number of benzene rings is 1. The van der Waals surface area contributed by atoms with Crippen LogP contribution in [0.15, 0.2) is 30.6 Å². The van der Waals surface area contributed by atoms with E-state index in [0.29, 0.717) is 19.5 Å². The standard InChI is InChI=1S/C18H21N5O3/c1-22(13-3-5-14(26-2)6-4-13)17(25)18-7-8-23(10-12(18)9-18)16(24)15-19-11-20-21-15/h3-6,11-12H,7-10H2,1-2H3,(H,19,20,21)/t12-,18+/m0/s1. The van der Waals surface area contributed by atoms with Crippen LogP contribution in [0.25, 0.3) is 0 Å². The van der Waals surface area contributed by atoms with E-state index < -0.39 is 0 Å². The lowest BCUT2D eigenvalue weighted by Crippen LogP contribution is -2.45. The van der Waals surface area contributed by atoms with Crippen LogP contribution in [0, 0.1) is 11.3 Å². The molecule has 0 unspecified atom stereocenters. The third kappa shape index (κ3) is 2.61. The number of carbonyl (C=O) groups excluding carboxylic acids is 2. The van der Waals surface area contributed by atoms with Gasteiger partial charge in [-0.1, -0.05) is 0 Å². The first-order valence-corrected chi connectivity index (χ1v) is 8.62. The van der Waals surface area contributed by atoms with Crippen molar-refractivity contribution in [2.45, 2.75) is 12.8 Å². The molecule has 2 fully saturated rings. The van der Waals surface area contributed by atoms with Gasteiger partial charge in [0, 0.05) is 25.8 Å². The van der Waals surface area contributed by atoms with Crippen LogP contribution in [0.2, 0.25) is 0 Å². The number of hydrogen-bond acceptors (Lipinski definition) is 5. The number of likely N-dealkylation sites (tertiary alicyclic amines) is 1. The smallest absolute Gasteiger partial charge is 0.291 e. The van der Waals surface area contributed by atoms with E-state index in [0.717, 1.165) is 17.9 Å². The highest BCUT2D eigenvalue weighted by atomic mass is 16.5. The van der Waals surface area contributed by atoms with Crippen LogP contribution in [-0.4, -0.2) is 59.1 Å². The Balaban J connectivity index is 1.43. The Morgan fingerprint density at radius 1 is 1.35 bits per heavy atom.